The van der Waals surface area contributed by atoms with Crippen LogP contribution in [-0.2, 0) is 4.74 Å². The number of hydrogen-bond donors (Lipinski definition) is 1. The minimum atomic E-state index is 0.575. The topological polar surface area (TPSA) is 43.4 Å². The van der Waals surface area contributed by atoms with Crippen LogP contribution in [0.2, 0.25) is 0 Å². The van der Waals surface area contributed by atoms with Crippen molar-refractivity contribution in [3.05, 3.63) is 36.5 Å². The molecule has 0 radical (unpaired) electrons. The molecule has 2 aromatic rings. The number of pyridine rings is 1. The molecule has 0 atom stereocenters. The zero-order chi connectivity index (χ0) is 13.6. The van der Waals surface area contributed by atoms with E-state index < -0.39 is 0 Å². The summed E-state index contributed by atoms with van der Waals surface area (Å²) in [4.78, 5) is 4.33. The van der Waals surface area contributed by atoms with E-state index in [-0.39, 0.29) is 0 Å². The molecule has 1 N–H and O–H groups in total. The van der Waals surface area contributed by atoms with Crippen molar-refractivity contribution in [1.82, 2.24) is 10.3 Å². The number of nitrogens with zero attached hydrogens (tertiary/aromatic N) is 1. The fraction of sp³-hybridized carbons (Fsp3) is 0.438. The van der Waals surface area contributed by atoms with Gasteiger partial charge >= 0.3 is 0 Å². The number of fused-ring (bicyclic) bond motifs is 1. The second-order valence-electron chi connectivity index (χ2n) is 5.05. The maximum atomic E-state index is 5.77. The number of rotatable bonds is 5. The molecule has 20 heavy (non-hydrogen) atoms. The van der Waals surface area contributed by atoms with Gasteiger partial charge in [0.2, 0.25) is 0 Å². The lowest BCUT2D eigenvalue weighted by molar-refractivity contribution is 0.0770. The average Bonchev–Trinajstić information content (AvgIpc) is 2.52. The number of aromatic nitrogens is 1. The van der Waals surface area contributed by atoms with E-state index in [0.29, 0.717) is 12.6 Å². The Morgan fingerprint density at radius 1 is 1.25 bits per heavy atom. The van der Waals surface area contributed by atoms with Crippen LogP contribution in [-0.4, -0.2) is 37.4 Å². The lowest BCUT2D eigenvalue weighted by atomic mass is 10.1. The Labute approximate surface area is 119 Å². The number of benzene rings is 1. The number of ether oxygens (including phenoxy) is 2. The van der Waals surface area contributed by atoms with Gasteiger partial charge in [-0.1, -0.05) is 6.07 Å². The van der Waals surface area contributed by atoms with Crippen LogP contribution in [0.3, 0.4) is 0 Å². The molecule has 106 valence electrons. The summed E-state index contributed by atoms with van der Waals surface area (Å²) in [6.07, 6.45) is 4.00. The summed E-state index contributed by atoms with van der Waals surface area (Å²) in [5.74, 6) is 0.880. The summed E-state index contributed by atoms with van der Waals surface area (Å²) in [6.45, 7) is 3.28. The Kier molecular flexibility index (Phi) is 4.46. The van der Waals surface area contributed by atoms with E-state index in [1.807, 2.05) is 24.3 Å². The maximum Gasteiger partial charge on any atom is 0.121 e. The largest absolute Gasteiger partial charge is 0.492 e. The molecular weight excluding hydrogens is 252 g/mol. The first-order valence-corrected chi connectivity index (χ1v) is 7.20. The third kappa shape index (κ3) is 3.46. The SMILES string of the molecule is c1cnc2cc(OCCNC3CCOCC3)ccc2c1. The van der Waals surface area contributed by atoms with Gasteiger partial charge in [0.1, 0.15) is 12.4 Å². The van der Waals surface area contributed by atoms with Crippen molar-refractivity contribution < 1.29 is 9.47 Å². The smallest absolute Gasteiger partial charge is 0.121 e. The molecule has 0 saturated carbocycles. The lowest BCUT2D eigenvalue weighted by Gasteiger charge is -2.23. The van der Waals surface area contributed by atoms with Crippen molar-refractivity contribution in [3.8, 4) is 5.75 Å². The third-order valence-corrected chi connectivity index (χ3v) is 3.60. The molecule has 2 heterocycles. The molecule has 1 fully saturated rings. The molecule has 0 bridgehead atoms. The van der Waals surface area contributed by atoms with Gasteiger partial charge in [0.25, 0.3) is 0 Å². The van der Waals surface area contributed by atoms with Crippen LogP contribution in [0, 0.1) is 0 Å². The van der Waals surface area contributed by atoms with E-state index >= 15 is 0 Å². The van der Waals surface area contributed by atoms with Crippen molar-refractivity contribution in [1.29, 1.82) is 0 Å². The van der Waals surface area contributed by atoms with Gasteiger partial charge in [-0.2, -0.15) is 0 Å². The molecule has 0 unspecified atom stereocenters. The first-order valence-electron chi connectivity index (χ1n) is 7.20. The van der Waals surface area contributed by atoms with E-state index in [0.717, 1.165) is 49.3 Å². The van der Waals surface area contributed by atoms with Gasteiger partial charge < -0.3 is 14.8 Å². The van der Waals surface area contributed by atoms with Crippen LogP contribution in [0.1, 0.15) is 12.8 Å². The van der Waals surface area contributed by atoms with Crippen molar-refractivity contribution in [2.75, 3.05) is 26.4 Å². The average molecular weight is 272 g/mol. The molecule has 0 aliphatic carbocycles. The summed E-state index contributed by atoms with van der Waals surface area (Å²) >= 11 is 0. The Morgan fingerprint density at radius 3 is 3.05 bits per heavy atom. The Morgan fingerprint density at radius 2 is 2.15 bits per heavy atom. The van der Waals surface area contributed by atoms with Gasteiger partial charge in [0.15, 0.2) is 0 Å². The molecule has 1 aliphatic heterocycles. The number of nitrogens with one attached hydrogen (secondary N) is 1. The molecule has 1 saturated heterocycles. The molecule has 4 nitrogen and oxygen atoms in total. The Bertz CT molecular complexity index is 553. The predicted octanol–water partition coefficient (Wildman–Crippen LogP) is 2.38. The van der Waals surface area contributed by atoms with Gasteiger partial charge in [-0.15, -0.1) is 0 Å². The van der Waals surface area contributed by atoms with Crippen molar-refractivity contribution in [2.45, 2.75) is 18.9 Å². The lowest BCUT2D eigenvalue weighted by Crippen LogP contribution is -2.37. The van der Waals surface area contributed by atoms with Crippen molar-refractivity contribution in [2.24, 2.45) is 0 Å². The summed E-state index contributed by atoms with van der Waals surface area (Å²) in [6, 6.07) is 10.6. The van der Waals surface area contributed by atoms with Gasteiger partial charge in [-0.25, -0.2) is 0 Å². The van der Waals surface area contributed by atoms with E-state index in [1.165, 1.54) is 0 Å². The summed E-state index contributed by atoms with van der Waals surface area (Å²) < 4.78 is 11.1. The monoisotopic (exact) mass is 272 g/mol. The van der Waals surface area contributed by atoms with Gasteiger partial charge in [-0.05, 0) is 31.0 Å². The zero-order valence-electron chi connectivity index (χ0n) is 11.5. The fourth-order valence-corrected chi connectivity index (χ4v) is 2.47. The van der Waals surface area contributed by atoms with E-state index in [4.69, 9.17) is 9.47 Å². The molecular formula is C16H20N2O2. The van der Waals surface area contributed by atoms with Crippen molar-refractivity contribution >= 4 is 10.9 Å². The van der Waals surface area contributed by atoms with E-state index in [1.54, 1.807) is 6.20 Å². The Balaban J connectivity index is 1.47. The first-order chi connectivity index (χ1) is 9.92. The van der Waals surface area contributed by atoms with E-state index in [2.05, 4.69) is 16.4 Å². The molecule has 1 aromatic carbocycles. The van der Waals surface area contributed by atoms with Crippen LogP contribution in [0.25, 0.3) is 10.9 Å². The van der Waals surface area contributed by atoms with Gasteiger partial charge in [-0.3, -0.25) is 4.98 Å². The molecule has 0 amide bonds. The molecule has 4 heteroatoms. The summed E-state index contributed by atoms with van der Waals surface area (Å²) in [5, 5.41) is 4.65. The maximum absolute atomic E-state index is 5.77. The standard InChI is InChI=1S/C16H20N2O2/c1-2-13-3-4-15(12-16(13)18-7-1)20-11-8-17-14-5-9-19-10-6-14/h1-4,7,12,14,17H,5-6,8-11H2. The third-order valence-electron chi connectivity index (χ3n) is 3.60. The molecule has 3 rings (SSSR count). The van der Waals surface area contributed by atoms with Gasteiger partial charge in [0, 0.05) is 43.4 Å². The number of hydrogen-bond acceptors (Lipinski definition) is 4. The highest BCUT2D eigenvalue weighted by Gasteiger charge is 2.12. The van der Waals surface area contributed by atoms with Crippen LogP contribution >= 0.6 is 0 Å². The minimum absolute atomic E-state index is 0.575. The quantitative estimate of drug-likeness (QED) is 0.849. The van der Waals surface area contributed by atoms with E-state index in [9.17, 15) is 0 Å². The van der Waals surface area contributed by atoms with Crippen molar-refractivity contribution in [3.63, 3.8) is 0 Å². The second-order valence-corrected chi connectivity index (χ2v) is 5.05. The molecule has 1 aromatic heterocycles. The zero-order valence-corrected chi connectivity index (χ0v) is 11.5. The Hall–Kier alpha value is -1.65. The first kappa shape index (κ1) is 13.3. The summed E-state index contributed by atoms with van der Waals surface area (Å²) in [7, 11) is 0. The van der Waals surface area contributed by atoms with Crippen LogP contribution in [0.15, 0.2) is 36.5 Å². The van der Waals surface area contributed by atoms with Crippen LogP contribution in [0.4, 0.5) is 0 Å². The molecule has 1 aliphatic rings. The second kappa shape index (κ2) is 6.68. The highest BCUT2D eigenvalue weighted by atomic mass is 16.5. The van der Waals surface area contributed by atoms with Gasteiger partial charge in [0.05, 0.1) is 5.52 Å². The van der Waals surface area contributed by atoms with Crippen LogP contribution in [0.5, 0.6) is 5.75 Å². The highest BCUT2D eigenvalue weighted by molar-refractivity contribution is 5.79. The van der Waals surface area contributed by atoms with Crippen LogP contribution < -0.4 is 10.1 Å². The molecule has 0 spiro atoms. The predicted molar refractivity (Wildman–Crippen MR) is 79.1 cm³/mol. The fourth-order valence-electron chi connectivity index (χ4n) is 2.47. The highest BCUT2D eigenvalue weighted by Crippen LogP contribution is 2.18. The normalized spacial score (nSPS) is 16.4. The summed E-state index contributed by atoms with van der Waals surface area (Å²) in [5.41, 5.74) is 0.974. The minimum Gasteiger partial charge on any atom is -0.492 e.